The lowest BCUT2D eigenvalue weighted by atomic mass is 10.1. The monoisotopic (exact) mass is 281 g/mol. The molecular weight excluding hydrogens is 266 g/mol. The summed E-state index contributed by atoms with van der Waals surface area (Å²) < 4.78 is 0. The van der Waals surface area contributed by atoms with Crippen LogP contribution >= 0.6 is 0 Å². The van der Waals surface area contributed by atoms with E-state index in [-0.39, 0.29) is 10.6 Å². The third-order valence-corrected chi connectivity index (χ3v) is 3.43. The van der Waals surface area contributed by atoms with Gasteiger partial charge in [-0.2, -0.15) is 0 Å². The highest BCUT2D eigenvalue weighted by atomic mass is 16.6. The number of rotatable bonds is 4. The fourth-order valence-corrected chi connectivity index (χ4v) is 2.51. The largest absolute Gasteiger partial charge is 0.384 e. The van der Waals surface area contributed by atoms with Crippen molar-refractivity contribution in [1.29, 1.82) is 0 Å². The summed E-state index contributed by atoms with van der Waals surface area (Å²) in [5.41, 5.74) is 2.36. The summed E-state index contributed by atoms with van der Waals surface area (Å²) in [6, 6.07) is 12.7. The smallest absolute Gasteiger partial charge is 0.280 e. The molecule has 5 nitrogen and oxygen atoms in total. The first-order valence-corrected chi connectivity index (χ1v) is 6.92. The van der Waals surface area contributed by atoms with Gasteiger partial charge in [0.05, 0.1) is 21.6 Å². The molecule has 0 fully saturated rings. The summed E-state index contributed by atoms with van der Waals surface area (Å²) in [6.07, 6.45) is 0.943. The molecule has 5 heteroatoms. The summed E-state index contributed by atoms with van der Waals surface area (Å²) in [7, 11) is 0. The number of nitro benzene ring substituents is 1. The van der Waals surface area contributed by atoms with E-state index >= 15 is 0 Å². The minimum atomic E-state index is -0.351. The SMILES string of the molecule is CCCNc1c2ccccc2nc2cccc([N+](=O)[O-])c12. The van der Waals surface area contributed by atoms with E-state index in [1.165, 1.54) is 6.07 Å². The average molecular weight is 281 g/mol. The van der Waals surface area contributed by atoms with Crippen LogP contribution in [-0.4, -0.2) is 16.5 Å². The highest BCUT2D eigenvalue weighted by Crippen LogP contribution is 2.36. The molecule has 0 saturated carbocycles. The minimum absolute atomic E-state index is 0.0874. The molecule has 2 aromatic carbocycles. The van der Waals surface area contributed by atoms with Crippen LogP contribution in [0.1, 0.15) is 13.3 Å². The van der Waals surface area contributed by atoms with Crippen molar-refractivity contribution in [2.24, 2.45) is 0 Å². The highest BCUT2D eigenvalue weighted by molar-refractivity contribution is 6.11. The van der Waals surface area contributed by atoms with E-state index in [1.807, 2.05) is 30.3 Å². The Labute approximate surface area is 121 Å². The third-order valence-electron chi connectivity index (χ3n) is 3.43. The van der Waals surface area contributed by atoms with Gasteiger partial charge >= 0.3 is 0 Å². The predicted octanol–water partition coefficient (Wildman–Crippen LogP) is 4.12. The van der Waals surface area contributed by atoms with E-state index in [1.54, 1.807) is 6.07 Å². The fourth-order valence-electron chi connectivity index (χ4n) is 2.51. The van der Waals surface area contributed by atoms with Crippen LogP contribution in [0, 0.1) is 10.1 Å². The molecule has 0 atom stereocenters. The van der Waals surface area contributed by atoms with Crippen molar-refractivity contribution in [2.75, 3.05) is 11.9 Å². The molecular formula is C16H15N3O2. The van der Waals surface area contributed by atoms with Gasteiger partial charge in [0.15, 0.2) is 0 Å². The minimum Gasteiger partial charge on any atom is -0.384 e. The molecule has 106 valence electrons. The number of nitrogens with zero attached hydrogens (tertiary/aromatic N) is 2. The molecule has 1 N–H and O–H groups in total. The molecule has 0 radical (unpaired) electrons. The first-order valence-electron chi connectivity index (χ1n) is 6.92. The number of nitrogens with one attached hydrogen (secondary N) is 1. The van der Waals surface area contributed by atoms with Gasteiger partial charge in [-0.05, 0) is 18.6 Å². The van der Waals surface area contributed by atoms with Crippen molar-refractivity contribution < 1.29 is 4.92 Å². The van der Waals surface area contributed by atoms with E-state index in [4.69, 9.17) is 0 Å². The Morgan fingerprint density at radius 2 is 1.90 bits per heavy atom. The molecule has 0 aliphatic rings. The number of fused-ring (bicyclic) bond motifs is 2. The lowest BCUT2D eigenvalue weighted by molar-refractivity contribution is -0.383. The van der Waals surface area contributed by atoms with E-state index in [2.05, 4.69) is 17.2 Å². The second-order valence-electron chi connectivity index (χ2n) is 4.86. The molecule has 0 aliphatic carbocycles. The molecule has 1 heterocycles. The summed E-state index contributed by atoms with van der Waals surface area (Å²) in [5.74, 6) is 0. The number of benzene rings is 2. The first-order chi connectivity index (χ1) is 10.2. The van der Waals surface area contributed by atoms with Crippen molar-refractivity contribution in [2.45, 2.75) is 13.3 Å². The van der Waals surface area contributed by atoms with Crippen LogP contribution in [0.25, 0.3) is 21.8 Å². The predicted molar refractivity (Wildman–Crippen MR) is 84.7 cm³/mol. The van der Waals surface area contributed by atoms with Gasteiger partial charge < -0.3 is 5.32 Å². The summed E-state index contributed by atoms with van der Waals surface area (Å²) in [6.45, 7) is 2.82. The maximum atomic E-state index is 11.3. The molecule has 3 aromatic rings. The number of hydrogen-bond acceptors (Lipinski definition) is 4. The van der Waals surface area contributed by atoms with Crippen molar-refractivity contribution in [3.8, 4) is 0 Å². The second kappa shape index (κ2) is 5.36. The first kappa shape index (κ1) is 13.3. The highest BCUT2D eigenvalue weighted by Gasteiger charge is 2.18. The quantitative estimate of drug-likeness (QED) is 0.444. The van der Waals surface area contributed by atoms with Gasteiger partial charge in [0.25, 0.3) is 5.69 Å². The second-order valence-corrected chi connectivity index (χ2v) is 4.86. The van der Waals surface area contributed by atoms with Crippen molar-refractivity contribution in [3.05, 3.63) is 52.6 Å². The van der Waals surface area contributed by atoms with E-state index in [9.17, 15) is 10.1 Å². The van der Waals surface area contributed by atoms with E-state index < -0.39 is 0 Å². The zero-order valence-electron chi connectivity index (χ0n) is 11.7. The Hall–Kier alpha value is -2.69. The van der Waals surface area contributed by atoms with Gasteiger partial charge in [-0.3, -0.25) is 10.1 Å². The van der Waals surface area contributed by atoms with Crippen molar-refractivity contribution in [1.82, 2.24) is 4.98 Å². The van der Waals surface area contributed by atoms with Crippen LogP contribution in [-0.2, 0) is 0 Å². The molecule has 0 unspecified atom stereocenters. The van der Waals surface area contributed by atoms with Crippen LogP contribution in [0.3, 0.4) is 0 Å². The van der Waals surface area contributed by atoms with Crippen LogP contribution < -0.4 is 5.32 Å². The molecule has 0 spiro atoms. The number of anilines is 1. The lowest BCUT2D eigenvalue weighted by Gasteiger charge is -2.12. The van der Waals surface area contributed by atoms with Gasteiger partial charge in [0, 0.05) is 18.0 Å². The van der Waals surface area contributed by atoms with E-state index in [0.717, 1.165) is 29.6 Å². The number of non-ortho nitro benzene ring substituents is 1. The normalized spacial score (nSPS) is 10.9. The standard InChI is InChI=1S/C16H15N3O2/c1-2-10-17-16-11-6-3-4-7-12(11)18-13-8-5-9-14(15(13)16)19(20)21/h3-9H,2,10H2,1H3,(H,17,18). The molecule has 1 aromatic heterocycles. The third kappa shape index (κ3) is 2.27. The number of para-hydroxylation sites is 1. The Kier molecular flexibility index (Phi) is 3.39. The fraction of sp³-hybridized carbons (Fsp3) is 0.188. The van der Waals surface area contributed by atoms with E-state index in [0.29, 0.717) is 10.9 Å². The van der Waals surface area contributed by atoms with Gasteiger partial charge in [-0.1, -0.05) is 31.2 Å². The molecule has 3 rings (SSSR count). The molecule has 0 saturated heterocycles. The summed E-state index contributed by atoms with van der Waals surface area (Å²) in [5, 5.41) is 16.1. The van der Waals surface area contributed by atoms with Crippen LogP contribution in [0.2, 0.25) is 0 Å². The zero-order chi connectivity index (χ0) is 14.8. The maximum Gasteiger partial charge on any atom is 0.280 e. The molecule has 21 heavy (non-hydrogen) atoms. The van der Waals surface area contributed by atoms with Gasteiger partial charge in [-0.25, -0.2) is 4.98 Å². The maximum absolute atomic E-state index is 11.3. The van der Waals surface area contributed by atoms with Crippen LogP contribution in [0.15, 0.2) is 42.5 Å². The topological polar surface area (TPSA) is 68.1 Å². The molecule has 0 bridgehead atoms. The molecule has 0 amide bonds. The number of pyridine rings is 1. The Bertz CT molecular complexity index is 830. The van der Waals surface area contributed by atoms with Gasteiger partial charge in [0.2, 0.25) is 0 Å². The Morgan fingerprint density at radius 3 is 2.67 bits per heavy atom. The Morgan fingerprint density at radius 1 is 1.14 bits per heavy atom. The summed E-state index contributed by atoms with van der Waals surface area (Å²) in [4.78, 5) is 15.5. The van der Waals surface area contributed by atoms with Gasteiger partial charge in [0.1, 0.15) is 5.39 Å². The molecule has 0 aliphatic heterocycles. The number of aromatic nitrogens is 1. The number of hydrogen-bond donors (Lipinski definition) is 1. The number of nitro groups is 1. The van der Waals surface area contributed by atoms with Crippen molar-refractivity contribution in [3.63, 3.8) is 0 Å². The average Bonchev–Trinajstić information content (AvgIpc) is 2.50. The van der Waals surface area contributed by atoms with Crippen LogP contribution in [0.4, 0.5) is 11.4 Å². The summed E-state index contributed by atoms with van der Waals surface area (Å²) >= 11 is 0. The lowest BCUT2D eigenvalue weighted by Crippen LogP contribution is -2.03. The van der Waals surface area contributed by atoms with Crippen LogP contribution in [0.5, 0.6) is 0 Å². The zero-order valence-corrected chi connectivity index (χ0v) is 11.7. The van der Waals surface area contributed by atoms with Crippen molar-refractivity contribution >= 4 is 33.2 Å². The van der Waals surface area contributed by atoms with Gasteiger partial charge in [-0.15, -0.1) is 0 Å². The Balaban J connectivity index is 2.43.